The molecule has 0 radical (unpaired) electrons. The van der Waals surface area contributed by atoms with Gasteiger partial charge in [-0.25, -0.2) is 4.98 Å². The number of anilines is 1. The van der Waals surface area contributed by atoms with Crippen LogP contribution in [0.1, 0.15) is 0 Å². The summed E-state index contributed by atoms with van der Waals surface area (Å²) in [4.78, 5) is 4.36. The summed E-state index contributed by atoms with van der Waals surface area (Å²) in [6.07, 6.45) is 1.97. The van der Waals surface area contributed by atoms with Gasteiger partial charge in [0.2, 0.25) is 0 Å². The van der Waals surface area contributed by atoms with E-state index in [2.05, 4.69) is 15.2 Å². The van der Waals surface area contributed by atoms with Crippen LogP contribution in [0, 0.1) is 0 Å². The summed E-state index contributed by atoms with van der Waals surface area (Å²) >= 11 is 4.46. The molecule has 1 aromatic carbocycles. The van der Waals surface area contributed by atoms with Crippen LogP contribution in [0.4, 0.5) is 5.69 Å². The smallest absolute Gasteiger partial charge is 0.264 e. The van der Waals surface area contributed by atoms with E-state index in [1.807, 2.05) is 12.3 Å². The molecule has 0 unspecified atom stereocenters. The number of fused-ring (bicyclic) bond motifs is 1. The summed E-state index contributed by atoms with van der Waals surface area (Å²) < 4.78 is 7.35. The van der Waals surface area contributed by atoms with Gasteiger partial charge in [0.1, 0.15) is 5.52 Å². The lowest BCUT2D eigenvalue weighted by atomic mass is 10.3. The first-order chi connectivity index (χ1) is 8.74. The van der Waals surface area contributed by atoms with Crippen LogP contribution in [0.3, 0.4) is 0 Å². The highest BCUT2D eigenvalue weighted by Crippen LogP contribution is 2.34. The predicted molar refractivity (Wildman–Crippen MR) is 74.2 cm³/mol. The van der Waals surface area contributed by atoms with E-state index in [1.165, 1.54) is 23.1 Å². The first-order valence-corrected chi connectivity index (χ1v) is 7.82. The fraction of sp³-hybridized carbons (Fsp3) is 0.100. The predicted octanol–water partition coefficient (Wildman–Crippen LogP) is 3.13. The second-order valence-corrected chi connectivity index (χ2v) is 6.58. The zero-order valence-corrected chi connectivity index (χ0v) is 11.7. The molecule has 2 N–H and O–H groups in total. The zero-order valence-electron chi connectivity index (χ0n) is 9.28. The third-order valence-corrected chi connectivity index (χ3v) is 4.93. The van der Waals surface area contributed by atoms with E-state index in [1.54, 1.807) is 23.9 Å². The highest BCUT2D eigenvalue weighted by Gasteiger charge is 2.11. The topological polar surface area (TPSA) is 77.8 Å². The van der Waals surface area contributed by atoms with E-state index in [4.69, 9.17) is 10.2 Å². The molecule has 2 aromatic heterocycles. The minimum atomic E-state index is 0.555. The maximum Gasteiger partial charge on any atom is 0.264 e. The number of hydrogen-bond acceptors (Lipinski definition) is 8. The lowest BCUT2D eigenvalue weighted by molar-refractivity contribution is 0.489. The van der Waals surface area contributed by atoms with Crippen LogP contribution >= 0.6 is 34.9 Å². The Morgan fingerprint density at radius 3 is 2.89 bits per heavy atom. The maximum atomic E-state index is 5.69. The van der Waals surface area contributed by atoms with Crippen molar-refractivity contribution in [2.24, 2.45) is 0 Å². The van der Waals surface area contributed by atoms with Crippen molar-refractivity contribution in [2.45, 2.75) is 13.9 Å². The lowest BCUT2D eigenvalue weighted by Gasteiger charge is -1.88. The third-order valence-electron chi connectivity index (χ3n) is 2.13. The van der Waals surface area contributed by atoms with Gasteiger partial charge in [0.05, 0.1) is 0 Å². The monoisotopic (exact) mass is 296 g/mol. The Hall–Kier alpha value is -1.25. The molecule has 0 saturated carbocycles. The molecule has 0 aliphatic carbocycles. The minimum Gasteiger partial charge on any atom is -0.431 e. The fourth-order valence-electron chi connectivity index (χ4n) is 1.36. The van der Waals surface area contributed by atoms with Gasteiger partial charge in [0.15, 0.2) is 14.3 Å². The molecule has 0 fully saturated rings. The van der Waals surface area contributed by atoms with E-state index in [0.717, 1.165) is 14.2 Å². The minimum absolute atomic E-state index is 0.555. The van der Waals surface area contributed by atoms with Crippen molar-refractivity contribution >= 4 is 51.6 Å². The van der Waals surface area contributed by atoms with Crippen molar-refractivity contribution < 1.29 is 4.42 Å². The Labute approximate surface area is 115 Å². The number of oxazole rings is 1. The van der Waals surface area contributed by atoms with Crippen LogP contribution in [0.25, 0.3) is 11.1 Å². The third kappa shape index (κ3) is 2.31. The van der Waals surface area contributed by atoms with E-state index < -0.39 is 0 Å². The van der Waals surface area contributed by atoms with Gasteiger partial charge in [-0.1, -0.05) is 23.1 Å². The molecule has 0 atom stereocenters. The van der Waals surface area contributed by atoms with Gasteiger partial charge in [0, 0.05) is 23.5 Å². The van der Waals surface area contributed by atoms with Crippen molar-refractivity contribution in [3.63, 3.8) is 0 Å². The molecule has 2 heterocycles. The highest BCUT2D eigenvalue weighted by atomic mass is 32.2. The van der Waals surface area contributed by atoms with Gasteiger partial charge in [-0.3, -0.25) is 0 Å². The van der Waals surface area contributed by atoms with E-state index in [-0.39, 0.29) is 0 Å². The molecule has 92 valence electrons. The van der Waals surface area contributed by atoms with Crippen LogP contribution in [0.2, 0.25) is 0 Å². The Morgan fingerprint density at radius 2 is 2.11 bits per heavy atom. The van der Waals surface area contributed by atoms with Crippen LogP contribution in [0.5, 0.6) is 0 Å². The molecule has 0 aliphatic rings. The van der Waals surface area contributed by atoms with Gasteiger partial charge < -0.3 is 10.2 Å². The normalized spacial score (nSPS) is 11.2. The number of benzene rings is 1. The number of hydrogen-bond donors (Lipinski definition) is 1. The van der Waals surface area contributed by atoms with Crippen molar-refractivity contribution in [1.29, 1.82) is 0 Å². The van der Waals surface area contributed by atoms with E-state index >= 15 is 0 Å². The molecule has 0 saturated heterocycles. The van der Waals surface area contributed by atoms with Crippen LogP contribution in [-0.2, 0) is 0 Å². The number of thioether (sulfide) groups is 1. The highest BCUT2D eigenvalue weighted by molar-refractivity contribution is 8.02. The van der Waals surface area contributed by atoms with Gasteiger partial charge in [-0.2, -0.15) is 0 Å². The van der Waals surface area contributed by atoms with Crippen molar-refractivity contribution in [3.8, 4) is 0 Å². The summed E-state index contributed by atoms with van der Waals surface area (Å²) in [7, 11) is 0. The number of nitrogens with zero attached hydrogens (tertiary/aromatic N) is 3. The second kappa shape index (κ2) is 4.79. The Bertz CT molecular complexity index is 693. The van der Waals surface area contributed by atoms with E-state index in [9.17, 15) is 0 Å². The number of rotatable bonds is 3. The zero-order chi connectivity index (χ0) is 12.5. The summed E-state index contributed by atoms with van der Waals surface area (Å²) in [6, 6.07) is 5.40. The van der Waals surface area contributed by atoms with Crippen LogP contribution in [0.15, 0.2) is 36.5 Å². The van der Waals surface area contributed by atoms with E-state index in [0.29, 0.717) is 16.5 Å². The molecule has 8 heteroatoms. The van der Waals surface area contributed by atoms with Crippen molar-refractivity contribution in [2.75, 3.05) is 12.0 Å². The van der Waals surface area contributed by atoms with Crippen LogP contribution in [-0.4, -0.2) is 21.4 Å². The molecule has 0 aliphatic heterocycles. The summed E-state index contributed by atoms with van der Waals surface area (Å²) in [5.74, 6) is 0. The summed E-state index contributed by atoms with van der Waals surface area (Å²) in [6.45, 7) is 0. The largest absolute Gasteiger partial charge is 0.431 e. The standard InChI is InChI=1S/C10H8N4OS3/c1-16-9-13-14-10(18-9)17-8-12-6-3-2-5(11)4-7(6)15-8/h2-4H,11H2,1H3. The summed E-state index contributed by atoms with van der Waals surface area (Å²) in [5, 5.41) is 8.63. The Balaban J connectivity index is 1.90. The van der Waals surface area contributed by atoms with Gasteiger partial charge in [-0.15, -0.1) is 10.2 Å². The molecule has 3 rings (SSSR count). The quantitative estimate of drug-likeness (QED) is 0.587. The number of nitrogens with two attached hydrogens (primary N) is 1. The second-order valence-electron chi connectivity index (χ2n) is 3.35. The average molecular weight is 296 g/mol. The molecule has 3 aromatic rings. The van der Waals surface area contributed by atoms with Crippen LogP contribution < -0.4 is 5.73 Å². The molecule has 18 heavy (non-hydrogen) atoms. The molecule has 0 amide bonds. The van der Waals surface area contributed by atoms with Gasteiger partial charge >= 0.3 is 0 Å². The number of aromatic nitrogens is 3. The fourth-order valence-corrected chi connectivity index (χ4v) is 3.65. The molecule has 5 nitrogen and oxygen atoms in total. The summed E-state index contributed by atoms with van der Waals surface area (Å²) in [5.41, 5.74) is 7.83. The lowest BCUT2D eigenvalue weighted by Crippen LogP contribution is -1.81. The SMILES string of the molecule is CSc1nnc(Sc2nc3ccc(N)cc3o2)s1. The maximum absolute atomic E-state index is 5.69. The van der Waals surface area contributed by atoms with Crippen molar-refractivity contribution in [1.82, 2.24) is 15.2 Å². The van der Waals surface area contributed by atoms with Crippen molar-refractivity contribution in [3.05, 3.63) is 18.2 Å². The molecule has 0 spiro atoms. The first-order valence-electron chi connectivity index (χ1n) is 4.96. The average Bonchev–Trinajstić information content (AvgIpc) is 2.95. The molecule has 0 bridgehead atoms. The first kappa shape index (κ1) is 11.8. The Morgan fingerprint density at radius 1 is 1.28 bits per heavy atom. The molecular weight excluding hydrogens is 288 g/mol. The molecular formula is C10H8N4OS3. The van der Waals surface area contributed by atoms with Gasteiger partial charge in [0.25, 0.3) is 5.22 Å². The number of nitrogen functional groups attached to an aromatic ring is 1. The van der Waals surface area contributed by atoms with Gasteiger partial charge in [-0.05, 0) is 18.4 Å². The Kier molecular flexibility index (Phi) is 3.14.